The van der Waals surface area contributed by atoms with E-state index < -0.39 is 11.4 Å². The molecule has 0 aromatic carbocycles. The number of carboxylic acids is 1. The zero-order valence-electron chi connectivity index (χ0n) is 12.7. The first-order valence-corrected chi connectivity index (χ1v) is 7.94. The molecule has 0 aromatic heterocycles. The van der Waals surface area contributed by atoms with Crippen LogP contribution in [0.25, 0.3) is 0 Å². The molecule has 4 heteroatoms. The van der Waals surface area contributed by atoms with Crippen molar-refractivity contribution in [2.24, 2.45) is 17.3 Å². The van der Waals surface area contributed by atoms with E-state index in [1.165, 1.54) is 32.1 Å². The summed E-state index contributed by atoms with van der Waals surface area (Å²) < 4.78 is 0. The molecule has 114 valence electrons. The van der Waals surface area contributed by atoms with Crippen molar-refractivity contribution >= 4 is 11.9 Å². The fourth-order valence-corrected chi connectivity index (χ4v) is 3.66. The van der Waals surface area contributed by atoms with Crippen molar-refractivity contribution in [3.8, 4) is 0 Å². The molecule has 1 heterocycles. The highest BCUT2D eigenvalue weighted by Crippen LogP contribution is 2.33. The third-order valence-electron chi connectivity index (χ3n) is 5.13. The Balaban J connectivity index is 1.86. The zero-order chi connectivity index (χ0) is 14.8. The molecule has 2 rings (SSSR count). The number of likely N-dealkylation sites (tertiary alicyclic amines) is 1. The van der Waals surface area contributed by atoms with Crippen molar-refractivity contribution in [3.63, 3.8) is 0 Å². The number of nitrogens with zero attached hydrogens (tertiary/aromatic N) is 1. The number of carboxylic acid groups (broad SMARTS) is 1. The van der Waals surface area contributed by atoms with Gasteiger partial charge in [0.25, 0.3) is 0 Å². The second kappa shape index (κ2) is 6.15. The summed E-state index contributed by atoms with van der Waals surface area (Å²) >= 11 is 0. The summed E-state index contributed by atoms with van der Waals surface area (Å²) in [5.41, 5.74) is -0.750. The lowest BCUT2D eigenvalue weighted by atomic mass is 9.83. The fraction of sp³-hybridized carbons (Fsp3) is 0.875. The average molecular weight is 281 g/mol. The quantitative estimate of drug-likeness (QED) is 0.862. The van der Waals surface area contributed by atoms with Crippen LogP contribution in [0, 0.1) is 17.3 Å². The van der Waals surface area contributed by atoms with Gasteiger partial charge in [-0.2, -0.15) is 0 Å². The molecule has 2 unspecified atom stereocenters. The van der Waals surface area contributed by atoms with Crippen LogP contribution in [0.2, 0.25) is 0 Å². The molecule has 2 atom stereocenters. The van der Waals surface area contributed by atoms with Crippen molar-refractivity contribution in [2.75, 3.05) is 13.1 Å². The van der Waals surface area contributed by atoms with Gasteiger partial charge < -0.3 is 10.0 Å². The largest absolute Gasteiger partial charge is 0.481 e. The Morgan fingerprint density at radius 1 is 1.30 bits per heavy atom. The van der Waals surface area contributed by atoms with Crippen LogP contribution < -0.4 is 0 Å². The lowest BCUT2D eigenvalue weighted by Gasteiger charge is -2.27. The molecule has 0 aromatic rings. The number of rotatable bonds is 4. The minimum atomic E-state index is -0.785. The van der Waals surface area contributed by atoms with Gasteiger partial charge in [0.05, 0.1) is 5.41 Å². The first-order valence-electron chi connectivity index (χ1n) is 7.94. The summed E-state index contributed by atoms with van der Waals surface area (Å²) in [6, 6.07) is 0. The van der Waals surface area contributed by atoms with E-state index in [1.54, 1.807) is 11.8 Å². The molecular formula is C16H27NO3. The predicted octanol–water partition coefficient (Wildman–Crippen LogP) is 2.92. The highest BCUT2D eigenvalue weighted by molar-refractivity contribution is 5.81. The summed E-state index contributed by atoms with van der Waals surface area (Å²) in [4.78, 5) is 25.5. The van der Waals surface area contributed by atoms with Gasteiger partial charge in [-0.1, -0.05) is 39.0 Å². The van der Waals surface area contributed by atoms with Crippen LogP contribution in [0.5, 0.6) is 0 Å². The lowest BCUT2D eigenvalue weighted by molar-refractivity contribution is -0.147. The standard InChI is InChI=1S/C16H27NO3/c1-12(10-13-6-4-3-5-7-13)14(18)17-9-8-16(2,11-17)15(19)20/h12-13H,3-11H2,1-2H3,(H,19,20). The van der Waals surface area contributed by atoms with Gasteiger partial charge in [0.15, 0.2) is 0 Å². The molecule has 1 aliphatic heterocycles. The van der Waals surface area contributed by atoms with Gasteiger partial charge in [0, 0.05) is 19.0 Å². The van der Waals surface area contributed by atoms with Crippen molar-refractivity contribution < 1.29 is 14.7 Å². The number of carbonyl (C=O) groups is 2. The number of hydrogen-bond acceptors (Lipinski definition) is 2. The van der Waals surface area contributed by atoms with Crippen LogP contribution >= 0.6 is 0 Å². The Bertz CT molecular complexity index is 376. The summed E-state index contributed by atoms with van der Waals surface area (Å²) in [6.45, 7) is 4.72. The molecule has 20 heavy (non-hydrogen) atoms. The van der Waals surface area contributed by atoms with Gasteiger partial charge in [-0.05, 0) is 25.7 Å². The van der Waals surface area contributed by atoms with Gasteiger partial charge in [-0.25, -0.2) is 0 Å². The Morgan fingerprint density at radius 2 is 1.95 bits per heavy atom. The smallest absolute Gasteiger partial charge is 0.311 e. The zero-order valence-corrected chi connectivity index (χ0v) is 12.7. The molecule has 1 amide bonds. The molecular weight excluding hydrogens is 254 g/mol. The van der Waals surface area contributed by atoms with E-state index in [0.29, 0.717) is 25.4 Å². The molecule has 2 aliphatic rings. The highest BCUT2D eigenvalue weighted by Gasteiger charge is 2.42. The Labute approximate surface area is 121 Å². The van der Waals surface area contributed by atoms with Crippen LogP contribution in [0.4, 0.5) is 0 Å². The molecule has 0 bridgehead atoms. The van der Waals surface area contributed by atoms with E-state index in [9.17, 15) is 14.7 Å². The minimum Gasteiger partial charge on any atom is -0.481 e. The van der Waals surface area contributed by atoms with E-state index in [2.05, 4.69) is 0 Å². The minimum absolute atomic E-state index is 0.0363. The van der Waals surface area contributed by atoms with Crippen molar-refractivity contribution in [1.82, 2.24) is 4.90 Å². The Kier molecular flexibility index (Phi) is 4.71. The van der Waals surface area contributed by atoms with E-state index >= 15 is 0 Å². The first kappa shape index (κ1) is 15.3. The van der Waals surface area contributed by atoms with E-state index in [1.807, 2.05) is 6.92 Å². The maximum absolute atomic E-state index is 12.5. The van der Waals surface area contributed by atoms with Crippen LogP contribution in [0.3, 0.4) is 0 Å². The summed E-state index contributed by atoms with van der Waals surface area (Å²) in [7, 11) is 0. The third kappa shape index (κ3) is 3.33. The number of amides is 1. The second-order valence-electron chi connectivity index (χ2n) is 7.02. The molecule has 2 fully saturated rings. The highest BCUT2D eigenvalue weighted by atomic mass is 16.4. The van der Waals surface area contributed by atoms with Gasteiger partial charge >= 0.3 is 5.97 Å². The monoisotopic (exact) mass is 281 g/mol. The third-order valence-corrected chi connectivity index (χ3v) is 5.13. The second-order valence-corrected chi connectivity index (χ2v) is 7.02. The summed E-state index contributed by atoms with van der Waals surface area (Å²) in [6.07, 6.45) is 7.99. The Morgan fingerprint density at radius 3 is 2.50 bits per heavy atom. The van der Waals surface area contributed by atoms with E-state index in [-0.39, 0.29) is 11.8 Å². The molecule has 0 radical (unpaired) electrons. The maximum Gasteiger partial charge on any atom is 0.311 e. The first-order chi connectivity index (χ1) is 9.42. The van der Waals surface area contributed by atoms with Gasteiger partial charge in [-0.15, -0.1) is 0 Å². The van der Waals surface area contributed by atoms with Crippen molar-refractivity contribution in [3.05, 3.63) is 0 Å². The van der Waals surface area contributed by atoms with Crippen LogP contribution in [0.15, 0.2) is 0 Å². The fourth-order valence-electron chi connectivity index (χ4n) is 3.66. The van der Waals surface area contributed by atoms with Crippen LogP contribution in [0.1, 0.15) is 58.8 Å². The van der Waals surface area contributed by atoms with Crippen molar-refractivity contribution in [1.29, 1.82) is 0 Å². The summed E-state index contributed by atoms with van der Waals surface area (Å²) in [5.74, 6) is 0.0960. The van der Waals surface area contributed by atoms with E-state index in [4.69, 9.17) is 0 Å². The van der Waals surface area contributed by atoms with Crippen LogP contribution in [-0.4, -0.2) is 35.0 Å². The van der Waals surface area contributed by atoms with Gasteiger partial charge in [-0.3, -0.25) is 9.59 Å². The SMILES string of the molecule is CC(CC1CCCCC1)C(=O)N1CCC(C)(C(=O)O)C1. The Hall–Kier alpha value is -1.06. The molecule has 1 saturated heterocycles. The molecule has 1 N–H and O–H groups in total. The molecule has 1 aliphatic carbocycles. The van der Waals surface area contributed by atoms with Crippen LogP contribution in [-0.2, 0) is 9.59 Å². The van der Waals surface area contributed by atoms with E-state index in [0.717, 1.165) is 6.42 Å². The van der Waals surface area contributed by atoms with Crippen molar-refractivity contribution in [2.45, 2.75) is 58.8 Å². The molecule has 0 spiro atoms. The summed E-state index contributed by atoms with van der Waals surface area (Å²) in [5, 5.41) is 9.23. The lowest BCUT2D eigenvalue weighted by Crippen LogP contribution is -2.37. The maximum atomic E-state index is 12.5. The average Bonchev–Trinajstić information content (AvgIpc) is 2.83. The number of hydrogen-bond donors (Lipinski definition) is 1. The van der Waals surface area contributed by atoms with Gasteiger partial charge in [0.1, 0.15) is 0 Å². The topological polar surface area (TPSA) is 57.6 Å². The normalized spacial score (nSPS) is 29.4. The number of aliphatic carboxylic acids is 1. The molecule has 1 saturated carbocycles. The predicted molar refractivity (Wildman–Crippen MR) is 77.3 cm³/mol. The van der Waals surface area contributed by atoms with Gasteiger partial charge in [0.2, 0.25) is 5.91 Å². The molecule has 4 nitrogen and oxygen atoms in total. The number of carbonyl (C=O) groups excluding carboxylic acids is 1.